The summed E-state index contributed by atoms with van der Waals surface area (Å²) in [4.78, 5) is 22.9. The van der Waals surface area contributed by atoms with Crippen molar-refractivity contribution >= 4 is 13.8 Å². The third kappa shape index (κ3) is 46.7. The zero-order valence-corrected chi connectivity index (χ0v) is 40.1. The zero-order valence-electron chi connectivity index (χ0n) is 39.2. The number of quaternary nitrogens is 1. The van der Waals surface area contributed by atoms with Crippen LogP contribution in [0.2, 0.25) is 0 Å². The number of esters is 1. The van der Waals surface area contributed by atoms with E-state index in [2.05, 4.69) is 98.9 Å². The molecule has 0 aromatic heterocycles. The fourth-order valence-corrected chi connectivity index (χ4v) is 6.76. The van der Waals surface area contributed by atoms with Crippen LogP contribution in [0, 0.1) is 0 Å². The van der Waals surface area contributed by atoms with Crippen molar-refractivity contribution in [1.29, 1.82) is 0 Å². The van der Waals surface area contributed by atoms with Crippen LogP contribution in [0.25, 0.3) is 0 Å². The van der Waals surface area contributed by atoms with Crippen LogP contribution in [0.3, 0.4) is 0 Å². The van der Waals surface area contributed by atoms with Gasteiger partial charge in [0, 0.05) is 13.0 Å². The summed E-state index contributed by atoms with van der Waals surface area (Å²) in [7, 11) is 1.63. The van der Waals surface area contributed by atoms with Crippen LogP contribution in [-0.4, -0.2) is 75.6 Å². The Kier molecular flexibility index (Phi) is 41.7. The van der Waals surface area contributed by atoms with E-state index in [9.17, 15) is 14.3 Å². The largest absolute Gasteiger partial charge is 0.472 e. The van der Waals surface area contributed by atoms with E-state index in [0.29, 0.717) is 17.6 Å². The first-order valence-electron chi connectivity index (χ1n) is 23.8. The Bertz CT molecular complexity index is 1230. The first-order chi connectivity index (χ1) is 29.1. The molecule has 0 aromatic carbocycles. The number of likely N-dealkylation sites (N-methyl/N-ethyl adjacent to an activating group) is 1. The van der Waals surface area contributed by atoms with E-state index in [1.54, 1.807) is 0 Å². The molecule has 0 fully saturated rings. The molecule has 60 heavy (non-hydrogen) atoms. The molecule has 0 amide bonds. The number of carbonyl (C=O) groups is 1. The number of unbranched alkanes of at least 4 members (excludes halogenated alkanes) is 15. The topological polar surface area (TPSA) is 91.3 Å². The van der Waals surface area contributed by atoms with Crippen molar-refractivity contribution in [2.24, 2.45) is 0 Å². The Balaban J connectivity index is 4.29. The quantitative estimate of drug-likeness (QED) is 0.0215. The predicted molar refractivity (Wildman–Crippen MR) is 256 cm³/mol. The van der Waals surface area contributed by atoms with Crippen LogP contribution < -0.4 is 0 Å². The maximum atomic E-state index is 12.7. The smallest absolute Gasteiger partial charge is 0.457 e. The van der Waals surface area contributed by atoms with Gasteiger partial charge in [-0.15, -0.1) is 0 Å². The standard InChI is InChI=1S/C51H90NO7P/c1-6-8-10-12-14-16-18-20-22-24-26-28-30-32-34-36-38-40-42-44-51(53)59-50(49-58-60(54,55)57-47-45-52(3,4)5)48-56-46-43-41-39-37-35-33-31-29-27-25-23-21-19-17-15-13-11-9-7-2/h8,10,14,16-17,19-20,22-23,25-26,28,32,34,50H,6-7,9,11-13,15,18,21,24,27,29-31,33,35-49H2,1-5H3/p+1/b10-8-,16-14-,19-17-,22-20-,25-23-,28-26-,34-32-. The molecular formula is C51H91NO7P+. The first-order valence-corrected chi connectivity index (χ1v) is 25.3. The van der Waals surface area contributed by atoms with E-state index in [0.717, 1.165) is 77.0 Å². The summed E-state index contributed by atoms with van der Waals surface area (Å²) < 4.78 is 35.0. The van der Waals surface area contributed by atoms with Crippen LogP contribution >= 0.6 is 7.82 Å². The molecule has 0 aliphatic heterocycles. The average molecular weight is 861 g/mol. The van der Waals surface area contributed by atoms with Crippen molar-refractivity contribution in [3.05, 3.63) is 85.1 Å². The number of phosphoric ester groups is 1. The molecular weight excluding hydrogens is 770 g/mol. The van der Waals surface area contributed by atoms with Crippen molar-refractivity contribution in [3.8, 4) is 0 Å². The van der Waals surface area contributed by atoms with Gasteiger partial charge in [-0.1, -0.05) is 163 Å². The normalized spacial score (nSPS) is 14.4. The second-order valence-corrected chi connectivity index (χ2v) is 18.2. The minimum absolute atomic E-state index is 0.0760. The van der Waals surface area contributed by atoms with E-state index in [1.165, 1.54) is 77.0 Å². The SMILES string of the molecule is CC/C=C\C/C=C\C/C=C\C/C=C\C/C=C\CCCCCC(=O)OC(COCCCCCCCCCC/C=C\C/C=C\CCCCCC)COP(=O)(O)OCC[N+](C)(C)C. The summed E-state index contributed by atoms with van der Waals surface area (Å²) in [5.74, 6) is -0.350. The van der Waals surface area contributed by atoms with Crippen molar-refractivity contribution in [2.45, 2.75) is 180 Å². The molecule has 0 bridgehead atoms. The first kappa shape index (κ1) is 57.7. The molecule has 0 aliphatic carbocycles. The number of hydrogen-bond acceptors (Lipinski definition) is 6. The molecule has 0 radical (unpaired) electrons. The Morgan fingerprint density at radius 1 is 0.533 bits per heavy atom. The molecule has 0 saturated heterocycles. The molecule has 0 saturated carbocycles. The van der Waals surface area contributed by atoms with E-state index >= 15 is 0 Å². The molecule has 0 rings (SSSR count). The molecule has 8 nitrogen and oxygen atoms in total. The van der Waals surface area contributed by atoms with Gasteiger partial charge in [-0.05, 0) is 89.9 Å². The highest BCUT2D eigenvalue weighted by Gasteiger charge is 2.26. The fourth-order valence-electron chi connectivity index (χ4n) is 6.02. The van der Waals surface area contributed by atoms with Crippen molar-refractivity contribution in [2.75, 3.05) is 54.1 Å². The van der Waals surface area contributed by atoms with Crippen LogP contribution in [0.4, 0.5) is 0 Å². The number of carbonyl (C=O) groups excluding carboxylic acids is 1. The lowest BCUT2D eigenvalue weighted by molar-refractivity contribution is -0.870. The number of ether oxygens (including phenoxy) is 2. The van der Waals surface area contributed by atoms with E-state index in [-0.39, 0.29) is 32.2 Å². The minimum Gasteiger partial charge on any atom is -0.457 e. The summed E-state index contributed by atoms with van der Waals surface area (Å²) >= 11 is 0. The average Bonchev–Trinajstić information content (AvgIpc) is 3.20. The lowest BCUT2D eigenvalue weighted by Crippen LogP contribution is -2.37. The van der Waals surface area contributed by atoms with Gasteiger partial charge in [0.15, 0.2) is 0 Å². The molecule has 0 aromatic rings. The highest BCUT2D eigenvalue weighted by Crippen LogP contribution is 2.43. The zero-order chi connectivity index (χ0) is 44.1. The molecule has 2 unspecified atom stereocenters. The molecule has 0 aliphatic rings. The Morgan fingerprint density at radius 3 is 1.45 bits per heavy atom. The Labute approximate surface area is 369 Å². The fraction of sp³-hybridized carbons (Fsp3) is 0.706. The highest BCUT2D eigenvalue weighted by atomic mass is 31.2. The third-order valence-corrected chi connectivity index (χ3v) is 10.7. The lowest BCUT2D eigenvalue weighted by atomic mass is 10.1. The summed E-state index contributed by atoms with van der Waals surface area (Å²) in [6, 6.07) is 0. The van der Waals surface area contributed by atoms with Crippen molar-refractivity contribution in [1.82, 2.24) is 0 Å². The van der Waals surface area contributed by atoms with Gasteiger partial charge in [0.1, 0.15) is 19.3 Å². The molecule has 0 heterocycles. The second-order valence-electron chi connectivity index (χ2n) is 16.8. The minimum atomic E-state index is -4.29. The predicted octanol–water partition coefficient (Wildman–Crippen LogP) is 14.4. The van der Waals surface area contributed by atoms with Gasteiger partial charge in [-0.25, -0.2) is 4.57 Å². The van der Waals surface area contributed by atoms with E-state index in [1.807, 2.05) is 21.1 Å². The summed E-state index contributed by atoms with van der Waals surface area (Å²) in [6.07, 6.45) is 57.6. The van der Waals surface area contributed by atoms with Gasteiger partial charge in [0.2, 0.25) is 0 Å². The third-order valence-electron chi connectivity index (χ3n) is 9.69. The Hall–Kier alpha value is -2.32. The number of nitrogens with zero attached hydrogens (tertiary/aromatic N) is 1. The molecule has 9 heteroatoms. The van der Waals surface area contributed by atoms with Gasteiger partial charge in [-0.3, -0.25) is 13.8 Å². The molecule has 1 N–H and O–H groups in total. The van der Waals surface area contributed by atoms with Gasteiger partial charge in [0.25, 0.3) is 0 Å². The number of hydrogen-bond donors (Lipinski definition) is 1. The van der Waals surface area contributed by atoms with Crippen LogP contribution in [0.1, 0.15) is 174 Å². The van der Waals surface area contributed by atoms with Gasteiger partial charge < -0.3 is 18.9 Å². The van der Waals surface area contributed by atoms with E-state index < -0.39 is 13.9 Å². The molecule has 0 spiro atoms. The summed E-state index contributed by atoms with van der Waals surface area (Å²) in [5, 5.41) is 0. The molecule has 2 atom stereocenters. The van der Waals surface area contributed by atoms with Crippen molar-refractivity contribution < 1.29 is 37.3 Å². The van der Waals surface area contributed by atoms with Crippen LogP contribution in [0.5, 0.6) is 0 Å². The van der Waals surface area contributed by atoms with Crippen LogP contribution in [-0.2, 0) is 27.9 Å². The number of rotatable bonds is 43. The molecule has 346 valence electrons. The maximum Gasteiger partial charge on any atom is 0.472 e. The lowest BCUT2D eigenvalue weighted by Gasteiger charge is -2.24. The second kappa shape index (κ2) is 43.3. The summed E-state index contributed by atoms with van der Waals surface area (Å²) in [6.45, 7) is 5.42. The van der Waals surface area contributed by atoms with Crippen molar-refractivity contribution in [3.63, 3.8) is 0 Å². The van der Waals surface area contributed by atoms with Gasteiger partial charge >= 0.3 is 13.8 Å². The highest BCUT2D eigenvalue weighted by molar-refractivity contribution is 7.47. The van der Waals surface area contributed by atoms with Gasteiger partial charge in [0.05, 0.1) is 34.4 Å². The monoisotopic (exact) mass is 861 g/mol. The van der Waals surface area contributed by atoms with Crippen LogP contribution in [0.15, 0.2) is 85.1 Å². The van der Waals surface area contributed by atoms with E-state index in [4.69, 9.17) is 18.5 Å². The maximum absolute atomic E-state index is 12.7. The number of phosphoric acid groups is 1. The number of allylic oxidation sites excluding steroid dienone is 14. The summed E-state index contributed by atoms with van der Waals surface area (Å²) in [5.41, 5.74) is 0. The Morgan fingerprint density at radius 2 is 0.967 bits per heavy atom. The van der Waals surface area contributed by atoms with Gasteiger partial charge in [-0.2, -0.15) is 0 Å².